The van der Waals surface area contributed by atoms with Crippen molar-refractivity contribution in [1.82, 2.24) is 10.3 Å². The highest BCUT2D eigenvalue weighted by atomic mass is 16.7. The molecule has 5 rings (SSSR count). The minimum absolute atomic E-state index is 0.0178. The molecule has 1 amide bonds. The monoisotopic (exact) mass is 720 g/mol. The van der Waals surface area contributed by atoms with Crippen LogP contribution in [-0.4, -0.2) is 69.8 Å². The van der Waals surface area contributed by atoms with Crippen LogP contribution in [0.15, 0.2) is 36.5 Å². The van der Waals surface area contributed by atoms with Crippen LogP contribution >= 0.6 is 0 Å². The molecule has 10 nitrogen and oxygen atoms in total. The standard InChI is InChI=1S/C42H60N2O8/c1-23-18-25(3)50-39(35(23)47)51-38-28(6)36(48)26(4)33(45)20-31(16-12-10-14-29-19-30-15-11-13-17-32(30)43-22-29)42(9)37(44-40(49)52-42)27(5)34(46)24(2)21-41(38,7)8/h11,13,15,17,19,22-28,31,35,37-39,47H,10,12,14,16,18,20-21H2,1-9H3,(H,44,49)/t23-,24+,25+,26-,27-,28-,31-,35+,37+,38+,39-,42+/m0/s1. The molecule has 1 aromatic carbocycles. The zero-order valence-electron chi connectivity index (χ0n) is 32.5. The van der Waals surface area contributed by atoms with Gasteiger partial charge >= 0.3 is 6.09 Å². The van der Waals surface area contributed by atoms with Gasteiger partial charge in [0, 0.05) is 41.7 Å². The van der Waals surface area contributed by atoms with E-state index in [2.05, 4.69) is 16.4 Å². The quantitative estimate of drug-likeness (QED) is 0.228. The lowest BCUT2D eigenvalue weighted by molar-refractivity contribution is -0.284. The summed E-state index contributed by atoms with van der Waals surface area (Å²) in [5.41, 5.74) is 0.189. The highest BCUT2D eigenvalue weighted by Crippen LogP contribution is 2.44. The summed E-state index contributed by atoms with van der Waals surface area (Å²) in [5, 5.41) is 15.1. The Morgan fingerprint density at radius 2 is 1.67 bits per heavy atom. The Morgan fingerprint density at radius 1 is 0.962 bits per heavy atom. The fourth-order valence-electron chi connectivity index (χ4n) is 9.36. The number of carbonyl (C=O) groups is 4. The fraction of sp³-hybridized carbons (Fsp3) is 0.690. The number of unbranched alkanes of at least 4 members (excludes halogenated alkanes) is 1. The van der Waals surface area contributed by atoms with Crippen molar-refractivity contribution in [3.63, 3.8) is 0 Å². The van der Waals surface area contributed by atoms with Crippen molar-refractivity contribution < 1.29 is 38.5 Å². The molecule has 286 valence electrons. The van der Waals surface area contributed by atoms with E-state index in [1.807, 2.05) is 78.9 Å². The third kappa shape index (κ3) is 8.44. The second kappa shape index (κ2) is 16.0. The number of aliphatic hydroxyl groups excluding tert-OH is 1. The Labute approximate surface area is 309 Å². The average molecular weight is 721 g/mol. The minimum atomic E-state index is -1.15. The number of aliphatic hydroxyl groups is 1. The van der Waals surface area contributed by atoms with Crippen molar-refractivity contribution in [2.75, 3.05) is 0 Å². The van der Waals surface area contributed by atoms with Crippen LogP contribution in [-0.2, 0) is 35.0 Å². The number of fused-ring (bicyclic) bond motifs is 2. The third-order valence-electron chi connectivity index (χ3n) is 12.4. The van der Waals surface area contributed by atoms with Crippen molar-refractivity contribution in [2.24, 2.45) is 40.9 Å². The molecular formula is C42H60N2O8. The Hall–Kier alpha value is -3.21. The predicted molar refractivity (Wildman–Crippen MR) is 198 cm³/mol. The number of para-hydroxylation sites is 1. The smallest absolute Gasteiger partial charge is 0.408 e. The van der Waals surface area contributed by atoms with Crippen LogP contribution in [0.5, 0.6) is 0 Å². The molecule has 2 aromatic rings. The highest BCUT2D eigenvalue weighted by molar-refractivity contribution is 6.03. The predicted octanol–water partition coefficient (Wildman–Crippen LogP) is 7.02. The molecule has 0 radical (unpaired) electrons. The van der Waals surface area contributed by atoms with Crippen molar-refractivity contribution in [1.29, 1.82) is 0 Å². The summed E-state index contributed by atoms with van der Waals surface area (Å²) in [6.07, 6.45) is 2.57. The van der Waals surface area contributed by atoms with Crippen LogP contribution in [0.25, 0.3) is 10.9 Å². The maximum atomic E-state index is 14.3. The number of nitrogens with one attached hydrogen (secondary N) is 1. The number of carbonyl (C=O) groups excluding carboxylic acids is 4. The molecule has 3 fully saturated rings. The van der Waals surface area contributed by atoms with Gasteiger partial charge in [0.2, 0.25) is 0 Å². The van der Waals surface area contributed by atoms with Crippen molar-refractivity contribution >= 4 is 34.3 Å². The van der Waals surface area contributed by atoms with Crippen LogP contribution in [0.3, 0.4) is 0 Å². The Balaban J connectivity index is 1.42. The topological polar surface area (TPSA) is 141 Å². The van der Waals surface area contributed by atoms with E-state index in [1.165, 1.54) is 0 Å². The van der Waals surface area contributed by atoms with Gasteiger partial charge in [-0.05, 0) is 81.9 Å². The lowest BCUT2D eigenvalue weighted by atomic mass is 9.67. The van der Waals surface area contributed by atoms with Gasteiger partial charge in [-0.1, -0.05) is 66.2 Å². The number of amides is 1. The zero-order valence-corrected chi connectivity index (χ0v) is 32.5. The molecule has 1 aliphatic carbocycles. The summed E-state index contributed by atoms with van der Waals surface area (Å²) in [6.45, 7) is 16.8. The van der Waals surface area contributed by atoms with Gasteiger partial charge in [-0.2, -0.15) is 0 Å². The van der Waals surface area contributed by atoms with Crippen LogP contribution in [0.1, 0.15) is 106 Å². The minimum Gasteiger partial charge on any atom is -0.441 e. The van der Waals surface area contributed by atoms with Gasteiger partial charge < -0.3 is 24.6 Å². The SMILES string of the molecule is C[C@H]1C(=O)C[C@H](CCCCc2cnc3ccccc3c2)[C@@]2(C)OC(=O)N[C@@H]2[C@@H](C)C(=O)[C@H](C)CC(C)(C)[C@H](O[C@@H]2O[C@H](C)C[C@H](C)[C@H]2O)[C@@H](C)C1=O. The number of rotatable bonds is 7. The normalized spacial score (nSPS) is 37.6. The Bertz CT molecular complexity index is 1630. The highest BCUT2D eigenvalue weighted by Gasteiger charge is 2.55. The Morgan fingerprint density at radius 3 is 2.40 bits per heavy atom. The first-order chi connectivity index (χ1) is 24.4. The van der Waals surface area contributed by atoms with Crippen LogP contribution in [0.4, 0.5) is 4.79 Å². The fourth-order valence-corrected chi connectivity index (χ4v) is 9.36. The van der Waals surface area contributed by atoms with Gasteiger partial charge in [0.05, 0.1) is 29.7 Å². The van der Waals surface area contributed by atoms with Gasteiger partial charge in [-0.15, -0.1) is 0 Å². The number of benzene rings is 1. The first-order valence-corrected chi connectivity index (χ1v) is 19.3. The zero-order chi connectivity index (χ0) is 38.1. The van der Waals surface area contributed by atoms with Gasteiger partial charge in [-0.3, -0.25) is 19.4 Å². The molecule has 0 bridgehead atoms. The first kappa shape index (κ1) is 40.0. The maximum absolute atomic E-state index is 14.3. The number of ether oxygens (including phenoxy) is 3. The largest absolute Gasteiger partial charge is 0.441 e. The molecule has 2 saturated heterocycles. The van der Waals surface area contributed by atoms with Crippen LogP contribution in [0.2, 0.25) is 0 Å². The molecule has 1 aromatic heterocycles. The van der Waals surface area contributed by atoms with Gasteiger partial charge in [0.1, 0.15) is 29.1 Å². The summed E-state index contributed by atoms with van der Waals surface area (Å²) < 4.78 is 18.7. The lowest BCUT2D eigenvalue weighted by Crippen LogP contribution is -2.55. The average Bonchev–Trinajstić information content (AvgIpc) is 3.42. The Kier molecular flexibility index (Phi) is 12.3. The molecule has 0 spiro atoms. The van der Waals surface area contributed by atoms with Crippen LogP contribution < -0.4 is 5.32 Å². The summed E-state index contributed by atoms with van der Waals surface area (Å²) in [5.74, 6) is -3.77. The number of hydrogen-bond acceptors (Lipinski definition) is 9. The molecule has 2 aliphatic heterocycles. The lowest BCUT2D eigenvalue weighted by Gasteiger charge is -2.45. The van der Waals surface area contributed by atoms with Crippen molar-refractivity contribution in [3.8, 4) is 0 Å². The molecule has 1 saturated carbocycles. The number of Topliss-reactive ketones (excluding diaryl/α,β-unsaturated/α-hetero) is 3. The van der Waals surface area contributed by atoms with E-state index >= 15 is 0 Å². The van der Waals surface area contributed by atoms with Gasteiger partial charge in [0.25, 0.3) is 0 Å². The van der Waals surface area contributed by atoms with E-state index < -0.39 is 71.2 Å². The number of alkyl carbamates (subject to hydrolysis) is 1. The van der Waals surface area contributed by atoms with Gasteiger partial charge in [0.15, 0.2) is 6.29 Å². The second-order valence-electron chi connectivity index (χ2n) is 17.1. The van der Waals surface area contributed by atoms with E-state index in [0.29, 0.717) is 19.3 Å². The number of aromatic nitrogens is 1. The van der Waals surface area contributed by atoms with E-state index in [1.54, 1.807) is 13.8 Å². The van der Waals surface area contributed by atoms with E-state index in [0.717, 1.165) is 35.7 Å². The second-order valence-corrected chi connectivity index (χ2v) is 17.1. The van der Waals surface area contributed by atoms with E-state index in [9.17, 15) is 24.3 Å². The molecule has 3 heterocycles. The molecular weight excluding hydrogens is 660 g/mol. The number of pyridine rings is 1. The first-order valence-electron chi connectivity index (χ1n) is 19.3. The van der Waals surface area contributed by atoms with Crippen LogP contribution in [0, 0.1) is 40.9 Å². The number of nitrogens with zero attached hydrogens (tertiary/aromatic N) is 1. The van der Waals surface area contributed by atoms with Gasteiger partial charge in [-0.25, -0.2) is 4.79 Å². The van der Waals surface area contributed by atoms with Crippen molar-refractivity contribution in [2.45, 2.75) is 144 Å². The third-order valence-corrected chi connectivity index (χ3v) is 12.4. The van der Waals surface area contributed by atoms with E-state index in [4.69, 9.17) is 14.2 Å². The molecule has 12 atom stereocenters. The summed E-state index contributed by atoms with van der Waals surface area (Å²) in [7, 11) is 0. The number of aryl methyl sites for hydroxylation is 1. The molecule has 3 aliphatic rings. The maximum Gasteiger partial charge on any atom is 0.408 e. The number of ketones is 3. The van der Waals surface area contributed by atoms with E-state index in [-0.39, 0.29) is 35.8 Å². The number of hydrogen-bond donors (Lipinski definition) is 2. The molecule has 0 unspecified atom stereocenters. The summed E-state index contributed by atoms with van der Waals surface area (Å²) >= 11 is 0. The molecule has 52 heavy (non-hydrogen) atoms. The molecule has 2 N–H and O–H groups in total. The summed E-state index contributed by atoms with van der Waals surface area (Å²) in [6, 6.07) is 9.49. The van der Waals surface area contributed by atoms with Crippen molar-refractivity contribution in [3.05, 3.63) is 42.1 Å². The summed E-state index contributed by atoms with van der Waals surface area (Å²) in [4.78, 5) is 60.3. The molecule has 10 heteroatoms.